The van der Waals surface area contributed by atoms with Crippen LogP contribution in [0, 0.1) is 11.8 Å². The summed E-state index contributed by atoms with van der Waals surface area (Å²) in [5.74, 6) is 0.955. The Morgan fingerprint density at radius 2 is 1.74 bits per heavy atom. The van der Waals surface area contributed by atoms with Crippen molar-refractivity contribution in [3.8, 4) is 0 Å². The van der Waals surface area contributed by atoms with Crippen LogP contribution in [-0.4, -0.2) is 31.6 Å². The predicted octanol–water partition coefficient (Wildman–Crippen LogP) is 5.72. The minimum Gasteiger partial charge on any atom is -0.371 e. The van der Waals surface area contributed by atoms with E-state index in [0.29, 0.717) is 35.3 Å². The Morgan fingerprint density at radius 3 is 2.39 bits per heavy atom. The Labute approximate surface area is 192 Å². The van der Waals surface area contributed by atoms with Crippen LogP contribution in [0.1, 0.15) is 44.0 Å². The molecule has 1 fully saturated rings. The number of hydrogen-bond donors (Lipinski definition) is 3. The number of carbonyl (C=O) groups excluding carboxylic acids is 2. The van der Waals surface area contributed by atoms with Gasteiger partial charge in [-0.15, -0.1) is 0 Å². The third kappa shape index (κ3) is 6.72. The number of urea groups is 1. The quantitative estimate of drug-likeness (QED) is 0.488. The first-order valence-corrected chi connectivity index (χ1v) is 11.6. The molecule has 0 atom stereocenters. The molecule has 2 aromatic rings. The molecule has 3 N–H and O–H groups in total. The summed E-state index contributed by atoms with van der Waals surface area (Å²) in [7, 11) is 0. The van der Waals surface area contributed by atoms with Crippen molar-refractivity contribution in [3.63, 3.8) is 0 Å². The van der Waals surface area contributed by atoms with Gasteiger partial charge < -0.3 is 20.9 Å². The zero-order chi connectivity index (χ0) is 22.4. The Bertz CT molecular complexity index is 924. The van der Waals surface area contributed by atoms with Gasteiger partial charge in [0.1, 0.15) is 0 Å². The number of halogens is 1. The van der Waals surface area contributed by atoms with Crippen LogP contribution in [0.25, 0.3) is 0 Å². The first kappa shape index (κ1) is 23.1. The molecular weight excluding hydrogens is 456 g/mol. The van der Waals surface area contributed by atoms with E-state index in [4.69, 9.17) is 0 Å². The summed E-state index contributed by atoms with van der Waals surface area (Å²) in [6.07, 6.45) is 2.23. The summed E-state index contributed by atoms with van der Waals surface area (Å²) in [6, 6.07) is 12.6. The first-order chi connectivity index (χ1) is 14.8. The van der Waals surface area contributed by atoms with E-state index >= 15 is 0 Å². The second-order valence-electron chi connectivity index (χ2n) is 8.59. The van der Waals surface area contributed by atoms with Crippen molar-refractivity contribution in [1.29, 1.82) is 0 Å². The second-order valence-corrected chi connectivity index (χ2v) is 9.51. The number of rotatable bonds is 6. The molecule has 0 unspecified atom stereocenters. The maximum absolute atomic E-state index is 13.0. The fraction of sp³-hybridized carbons (Fsp3) is 0.417. The van der Waals surface area contributed by atoms with Gasteiger partial charge in [-0.05, 0) is 61.1 Å². The number of anilines is 3. The highest BCUT2D eigenvalue weighted by molar-refractivity contribution is 9.10. The lowest BCUT2D eigenvalue weighted by atomic mass is 9.97. The number of hydrogen-bond acceptors (Lipinski definition) is 3. The van der Waals surface area contributed by atoms with E-state index in [1.165, 1.54) is 0 Å². The molecule has 3 amide bonds. The summed E-state index contributed by atoms with van der Waals surface area (Å²) < 4.78 is 0.884. The molecule has 3 rings (SSSR count). The van der Waals surface area contributed by atoms with Crippen LogP contribution < -0.4 is 20.9 Å². The molecule has 7 heteroatoms. The fourth-order valence-electron chi connectivity index (χ4n) is 3.57. The van der Waals surface area contributed by atoms with Gasteiger partial charge in [-0.2, -0.15) is 0 Å². The normalized spacial score (nSPS) is 14.4. The summed E-state index contributed by atoms with van der Waals surface area (Å²) in [5.41, 5.74) is 2.78. The zero-order valence-corrected chi connectivity index (χ0v) is 20.0. The van der Waals surface area contributed by atoms with Crippen molar-refractivity contribution in [2.75, 3.05) is 35.2 Å². The van der Waals surface area contributed by atoms with Gasteiger partial charge in [0, 0.05) is 41.2 Å². The molecule has 1 aliphatic rings. The van der Waals surface area contributed by atoms with Crippen molar-refractivity contribution >= 4 is 44.9 Å². The minimum absolute atomic E-state index is 0.113. The molecule has 0 bridgehead atoms. The second kappa shape index (κ2) is 10.7. The van der Waals surface area contributed by atoms with Crippen LogP contribution >= 0.6 is 15.9 Å². The van der Waals surface area contributed by atoms with Crippen molar-refractivity contribution in [3.05, 3.63) is 52.5 Å². The largest absolute Gasteiger partial charge is 0.371 e. The van der Waals surface area contributed by atoms with Gasteiger partial charge in [0.15, 0.2) is 0 Å². The molecule has 0 saturated carbocycles. The Kier molecular flexibility index (Phi) is 7.96. The number of benzene rings is 2. The Hall–Kier alpha value is -2.54. The van der Waals surface area contributed by atoms with E-state index in [2.05, 4.69) is 57.6 Å². The molecule has 2 aromatic carbocycles. The average molecular weight is 487 g/mol. The van der Waals surface area contributed by atoms with Crippen LogP contribution in [0.5, 0.6) is 0 Å². The summed E-state index contributed by atoms with van der Waals surface area (Å²) in [4.78, 5) is 27.7. The standard InChI is InChI=1S/C24H31BrN4O2/c1-16(2)15-26-23(30)21-14-20(7-8-22(21)29-11-9-17(3)10-12-29)28-24(31)27-19-6-4-5-18(25)13-19/h4-8,13-14,16-17H,9-12,15H2,1-3H3,(H,26,30)(H2,27,28,31). The van der Waals surface area contributed by atoms with Gasteiger partial charge >= 0.3 is 6.03 Å². The predicted molar refractivity (Wildman–Crippen MR) is 131 cm³/mol. The van der Waals surface area contributed by atoms with E-state index in [-0.39, 0.29) is 11.9 Å². The third-order valence-electron chi connectivity index (χ3n) is 5.38. The maximum atomic E-state index is 13.0. The van der Waals surface area contributed by atoms with Gasteiger partial charge in [-0.25, -0.2) is 4.79 Å². The van der Waals surface area contributed by atoms with Gasteiger partial charge in [0.25, 0.3) is 5.91 Å². The molecule has 0 radical (unpaired) electrons. The molecule has 0 aliphatic carbocycles. The highest BCUT2D eigenvalue weighted by Crippen LogP contribution is 2.29. The van der Waals surface area contributed by atoms with Gasteiger partial charge in [0.05, 0.1) is 5.56 Å². The lowest BCUT2D eigenvalue weighted by molar-refractivity contribution is 0.0949. The lowest BCUT2D eigenvalue weighted by Gasteiger charge is -2.33. The molecule has 0 aromatic heterocycles. The van der Waals surface area contributed by atoms with Gasteiger partial charge in [-0.3, -0.25) is 4.79 Å². The SMILES string of the molecule is CC(C)CNC(=O)c1cc(NC(=O)Nc2cccc(Br)c2)ccc1N1CCC(C)CC1. The van der Waals surface area contributed by atoms with E-state index in [1.807, 2.05) is 36.4 Å². The summed E-state index contributed by atoms with van der Waals surface area (Å²) >= 11 is 3.40. The topological polar surface area (TPSA) is 73.5 Å². The minimum atomic E-state index is -0.355. The first-order valence-electron chi connectivity index (χ1n) is 10.8. The van der Waals surface area contributed by atoms with Crippen molar-refractivity contribution < 1.29 is 9.59 Å². The highest BCUT2D eigenvalue weighted by atomic mass is 79.9. The van der Waals surface area contributed by atoms with E-state index in [1.54, 1.807) is 6.07 Å². The zero-order valence-electron chi connectivity index (χ0n) is 18.4. The lowest BCUT2D eigenvalue weighted by Crippen LogP contribution is -2.35. The third-order valence-corrected chi connectivity index (χ3v) is 5.87. The molecule has 1 saturated heterocycles. The number of piperidine rings is 1. The number of carbonyl (C=O) groups is 2. The highest BCUT2D eigenvalue weighted by Gasteiger charge is 2.22. The van der Waals surface area contributed by atoms with Crippen molar-refractivity contribution in [2.24, 2.45) is 11.8 Å². The van der Waals surface area contributed by atoms with Crippen LogP contribution in [-0.2, 0) is 0 Å². The molecule has 0 spiro atoms. The average Bonchev–Trinajstić information content (AvgIpc) is 2.72. The fourth-order valence-corrected chi connectivity index (χ4v) is 3.97. The molecule has 31 heavy (non-hydrogen) atoms. The van der Waals surface area contributed by atoms with Crippen molar-refractivity contribution in [1.82, 2.24) is 5.32 Å². The van der Waals surface area contributed by atoms with Crippen molar-refractivity contribution in [2.45, 2.75) is 33.6 Å². The summed E-state index contributed by atoms with van der Waals surface area (Å²) in [6.45, 7) is 8.87. The monoisotopic (exact) mass is 486 g/mol. The number of nitrogens with zero attached hydrogens (tertiary/aromatic N) is 1. The number of amides is 3. The maximum Gasteiger partial charge on any atom is 0.323 e. The van der Waals surface area contributed by atoms with Gasteiger partial charge in [-0.1, -0.05) is 42.8 Å². The molecule has 1 aliphatic heterocycles. The van der Waals surface area contributed by atoms with Crippen LogP contribution in [0.2, 0.25) is 0 Å². The van der Waals surface area contributed by atoms with E-state index in [0.717, 1.165) is 36.1 Å². The smallest absolute Gasteiger partial charge is 0.323 e. The summed E-state index contributed by atoms with van der Waals surface area (Å²) in [5, 5.41) is 8.67. The molecule has 166 valence electrons. The Balaban J connectivity index is 1.78. The molecule has 6 nitrogen and oxygen atoms in total. The van der Waals surface area contributed by atoms with E-state index in [9.17, 15) is 9.59 Å². The van der Waals surface area contributed by atoms with Crippen LogP contribution in [0.4, 0.5) is 21.9 Å². The Morgan fingerprint density at radius 1 is 1.06 bits per heavy atom. The molecule has 1 heterocycles. The van der Waals surface area contributed by atoms with Gasteiger partial charge in [0.2, 0.25) is 0 Å². The number of nitrogens with one attached hydrogen (secondary N) is 3. The van der Waals surface area contributed by atoms with Crippen LogP contribution in [0.3, 0.4) is 0 Å². The van der Waals surface area contributed by atoms with Crippen LogP contribution in [0.15, 0.2) is 46.9 Å². The molecular formula is C24H31BrN4O2. The van der Waals surface area contributed by atoms with E-state index < -0.39 is 0 Å².